The monoisotopic (exact) mass is 1090 g/mol. The Balaban J connectivity index is -0.0000000705. The SMILES string of the molecule is O.[B][C@H]1C[C@H](OP(=O)([O-])O[CH2-])[C@@H](COP(=O)([O-])CCC)O1.[CH2-]OP(=O)([O-])O.[CH2-]S.[CH2-]S.[W+2].[W+2].[Y].[Y]. The number of hydrogen-bond acceptors (Lipinski definition) is 13. The Morgan fingerprint density at radius 2 is 1.46 bits per heavy atom. The molecule has 0 saturated carbocycles. The first-order valence-corrected chi connectivity index (χ1v) is 13.6. The molecule has 23 heteroatoms. The average molecular weight is 1090 g/mol. The van der Waals surface area contributed by atoms with Crippen LogP contribution in [-0.4, -0.2) is 49.2 Å². The fraction of sp³-hybridized carbons (Fsp3) is 0.667. The maximum absolute atomic E-state index is 11.4. The van der Waals surface area contributed by atoms with Gasteiger partial charge in [0, 0.05) is 77.6 Å². The average Bonchev–Trinajstić information content (AvgIpc) is 3.02. The van der Waals surface area contributed by atoms with E-state index in [1.807, 2.05) is 0 Å². The van der Waals surface area contributed by atoms with E-state index in [1.165, 1.54) is 0 Å². The Morgan fingerprint density at radius 3 is 1.77 bits per heavy atom. The van der Waals surface area contributed by atoms with E-state index in [0.29, 0.717) is 6.42 Å². The van der Waals surface area contributed by atoms with Crippen LogP contribution < -0.4 is 14.7 Å². The predicted molar refractivity (Wildman–Crippen MR) is 115 cm³/mol. The fourth-order valence-electron chi connectivity index (χ4n) is 1.73. The van der Waals surface area contributed by atoms with Crippen LogP contribution in [0, 0.1) is 26.7 Å². The smallest absolute Gasteiger partial charge is 0.778 e. The van der Waals surface area contributed by atoms with Crippen molar-refractivity contribution >= 4 is 56.3 Å². The molecular weight excluding hydrogens is 1070 g/mol. The minimum atomic E-state index is -4.56. The van der Waals surface area contributed by atoms with Gasteiger partial charge in [-0.15, -0.1) is 0 Å². The Morgan fingerprint density at radius 1 is 1.06 bits per heavy atom. The summed E-state index contributed by atoms with van der Waals surface area (Å²) in [5.74, 6) is 0. The van der Waals surface area contributed by atoms with Gasteiger partial charge in [-0.05, 0) is 12.8 Å². The van der Waals surface area contributed by atoms with Gasteiger partial charge in [0.2, 0.25) is 15.6 Å². The quantitative estimate of drug-likeness (QED) is 0.118. The largest absolute Gasteiger partial charge is 2.00 e. The van der Waals surface area contributed by atoms with Crippen LogP contribution in [0.3, 0.4) is 0 Å². The number of thiol groups is 2. The number of rotatable bonds is 9. The summed E-state index contributed by atoms with van der Waals surface area (Å²) < 4.78 is 53.7. The molecular formula is C12H27BO13P3S2W2Y2-3. The van der Waals surface area contributed by atoms with E-state index in [4.69, 9.17) is 26.5 Å². The second kappa shape index (κ2) is 33.1. The number of phosphoric acid groups is 2. The van der Waals surface area contributed by atoms with Crippen LogP contribution in [0.15, 0.2) is 0 Å². The minimum Gasteiger partial charge on any atom is -0.778 e. The maximum atomic E-state index is 11.4. The van der Waals surface area contributed by atoms with Crippen molar-refractivity contribution in [2.75, 3.05) is 12.8 Å². The number of phosphoric ester groups is 2. The molecule has 0 amide bonds. The van der Waals surface area contributed by atoms with Gasteiger partial charge >= 0.3 is 42.1 Å². The summed E-state index contributed by atoms with van der Waals surface area (Å²) in [5, 5.41) is 0. The Hall–Kier alpha value is 4.64. The van der Waals surface area contributed by atoms with Crippen molar-refractivity contribution in [1.29, 1.82) is 0 Å². The summed E-state index contributed by atoms with van der Waals surface area (Å²) in [5.41, 5.74) is 0. The van der Waals surface area contributed by atoms with Crippen LogP contribution in [0.4, 0.5) is 0 Å². The molecule has 0 bridgehead atoms. The third-order valence-electron chi connectivity index (χ3n) is 2.75. The molecule has 3 N–H and O–H groups in total. The molecule has 1 heterocycles. The summed E-state index contributed by atoms with van der Waals surface area (Å²) in [6.45, 7) is 1.33. The van der Waals surface area contributed by atoms with Gasteiger partial charge < -0.3 is 77.7 Å². The van der Waals surface area contributed by atoms with E-state index >= 15 is 0 Å². The Bertz CT molecular complexity index is 590. The van der Waals surface area contributed by atoms with Crippen LogP contribution in [0.1, 0.15) is 19.8 Å². The molecule has 1 saturated heterocycles. The summed E-state index contributed by atoms with van der Waals surface area (Å²) in [4.78, 5) is 39.5. The van der Waals surface area contributed by atoms with E-state index < -0.39 is 41.5 Å². The van der Waals surface area contributed by atoms with Gasteiger partial charge in [0.1, 0.15) is 21.5 Å². The summed E-state index contributed by atoms with van der Waals surface area (Å²) >= 11 is 6.56. The van der Waals surface area contributed by atoms with E-state index in [-0.39, 0.29) is 132 Å². The van der Waals surface area contributed by atoms with E-state index in [0.717, 1.165) is 0 Å². The van der Waals surface area contributed by atoms with Gasteiger partial charge in [0.05, 0.1) is 12.7 Å². The molecule has 0 aromatic carbocycles. The van der Waals surface area contributed by atoms with Crippen LogP contribution in [0.2, 0.25) is 0 Å². The normalized spacial score (nSPS) is 22.4. The first-order valence-electron chi connectivity index (χ1n) is 7.65. The Kier molecular flexibility index (Phi) is 56.0. The molecule has 0 aromatic heterocycles. The molecule has 1 fully saturated rings. The number of hydrogen-bond donors (Lipinski definition) is 3. The van der Waals surface area contributed by atoms with Crippen molar-refractivity contribution < 1.29 is 169 Å². The van der Waals surface area contributed by atoms with Crippen molar-refractivity contribution in [3.05, 3.63) is 26.7 Å². The molecule has 1 aliphatic heterocycles. The van der Waals surface area contributed by atoms with Gasteiger partial charge in [-0.3, -0.25) is 21.6 Å². The van der Waals surface area contributed by atoms with Gasteiger partial charge in [0.25, 0.3) is 0 Å². The second-order valence-electron chi connectivity index (χ2n) is 4.90. The van der Waals surface area contributed by atoms with Gasteiger partial charge in [0.15, 0.2) is 0 Å². The van der Waals surface area contributed by atoms with E-state index in [9.17, 15) is 28.4 Å². The van der Waals surface area contributed by atoms with Gasteiger partial charge in [-0.2, -0.15) is 0 Å². The molecule has 6 atom stereocenters. The first kappa shape index (κ1) is 59.1. The van der Waals surface area contributed by atoms with Crippen molar-refractivity contribution in [3.8, 4) is 0 Å². The molecule has 1 rings (SSSR count). The van der Waals surface area contributed by atoms with Crippen molar-refractivity contribution in [3.63, 3.8) is 0 Å². The Labute approximate surface area is 299 Å². The first-order chi connectivity index (χ1) is 13.7. The van der Waals surface area contributed by atoms with E-state index in [1.54, 1.807) is 6.92 Å². The van der Waals surface area contributed by atoms with Gasteiger partial charge in [-0.1, -0.05) is 6.92 Å². The van der Waals surface area contributed by atoms with Crippen molar-refractivity contribution in [2.45, 2.75) is 38.0 Å². The van der Waals surface area contributed by atoms with Crippen molar-refractivity contribution in [1.82, 2.24) is 0 Å². The molecule has 13 nitrogen and oxygen atoms in total. The van der Waals surface area contributed by atoms with E-state index in [2.05, 4.69) is 61.0 Å². The van der Waals surface area contributed by atoms with Crippen molar-refractivity contribution in [2.24, 2.45) is 0 Å². The molecule has 204 valence electrons. The molecule has 0 spiro atoms. The molecule has 1 aliphatic rings. The molecule has 0 aliphatic carbocycles. The summed E-state index contributed by atoms with van der Waals surface area (Å²) in [7, 11) is -2.33. The topological polar surface area (TPSA) is 218 Å². The predicted octanol–water partition coefficient (Wildman–Crippen LogP) is -0.252. The fourth-order valence-corrected chi connectivity index (χ4v) is 3.39. The third-order valence-corrected chi connectivity index (χ3v) is 5.46. The maximum Gasteiger partial charge on any atom is 2.00 e. The summed E-state index contributed by atoms with van der Waals surface area (Å²) in [6, 6.07) is -0.768. The molecule has 4 radical (unpaired) electrons. The van der Waals surface area contributed by atoms with Crippen LogP contribution in [-0.2, 0) is 144 Å². The third kappa shape index (κ3) is 36.6. The van der Waals surface area contributed by atoms with Crippen LogP contribution in [0.5, 0.6) is 0 Å². The molecule has 3 unspecified atom stereocenters. The number of ether oxygens (including phenoxy) is 1. The van der Waals surface area contributed by atoms with Crippen LogP contribution >= 0.6 is 48.5 Å². The summed E-state index contributed by atoms with van der Waals surface area (Å²) in [6.07, 6.45) is 4.37. The minimum absolute atomic E-state index is 0. The second-order valence-corrected chi connectivity index (χ2v) is 9.38. The molecule has 35 heavy (non-hydrogen) atoms. The van der Waals surface area contributed by atoms with Crippen LogP contribution in [0.25, 0.3) is 0 Å². The standard InChI is InChI=1S/C9H18BO8P2.CH4O4P.2CH3S.H2O.2W.2Y/c1-3-4-19(11,12)16-6-8-7(5-9(10)17-8)18-20(13,14)15-2;1-5-6(2,3)4;2*1-2;;;;;/h7-9H,2-6H2,1H3,(H,11,12)(H,13,14);1H2,(H2,2,3,4);2*2H,1H2;1H2;;;;/q4*-1;;2*+2;;/p-3/t7-,8+,9+;;;;;;;;/m0......../s1. The zero-order chi connectivity index (χ0) is 24.6. The zero-order valence-corrected chi connectivity index (χ0v) is 34.6. The molecule has 0 aromatic rings. The van der Waals surface area contributed by atoms with Gasteiger partial charge in [-0.25, -0.2) is 14.2 Å². The zero-order valence-electron chi connectivity index (χ0n) is 18.6.